The number of aromatic nitrogens is 1. The molecule has 5 nitrogen and oxygen atoms in total. The lowest BCUT2D eigenvalue weighted by Gasteiger charge is -2.38. The van der Waals surface area contributed by atoms with E-state index in [2.05, 4.69) is 4.98 Å². The maximum atomic E-state index is 14.0. The van der Waals surface area contributed by atoms with Gasteiger partial charge < -0.3 is 15.2 Å². The van der Waals surface area contributed by atoms with Crippen LogP contribution in [0.25, 0.3) is 10.9 Å². The normalized spacial score (nSPS) is 15.2. The van der Waals surface area contributed by atoms with Crippen molar-refractivity contribution in [1.29, 1.82) is 0 Å². The smallest absolute Gasteiger partial charge is 0.417 e. The van der Waals surface area contributed by atoms with Gasteiger partial charge in [-0.15, -0.1) is 0 Å². The summed E-state index contributed by atoms with van der Waals surface area (Å²) in [6.07, 6.45) is -5.51. The second-order valence-corrected chi connectivity index (χ2v) is 10.6. The van der Waals surface area contributed by atoms with Gasteiger partial charge in [0.1, 0.15) is 5.75 Å². The highest BCUT2D eigenvalue weighted by atomic mass is 32.2. The molecule has 0 amide bonds. The van der Waals surface area contributed by atoms with Crippen molar-refractivity contribution >= 4 is 20.7 Å². The SMILES string of the molecule is CC(C)(CC(O)(Cc1cc2ccccc2[nH]1)C(F)(F)F)c1cc(S(C)(=O)=O)ccc1O. The van der Waals surface area contributed by atoms with E-state index in [9.17, 15) is 31.8 Å². The van der Waals surface area contributed by atoms with Crippen LogP contribution in [-0.2, 0) is 21.7 Å². The summed E-state index contributed by atoms with van der Waals surface area (Å²) in [6.45, 7) is 2.85. The zero-order valence-corrected chi connectivity index (χ0v) is 18.1. The number of hydrogen-bond acceptors (Lipinski definition) is 4. The minimum absolute atomic E-state index is 0.00902. The Kier molecular flexibility index (Phi) is 5.65. The highest BCUT2D eigenvalue weighted by molar-refractivity contribution is 7.90. The van der Waals surface area contributed by atoms with Crippen molar-refractivity contribution in [3.8, 4) is 5.75 Å². The van der Waals surface area contributed by atoms with Crippen molar-refractivity contribution in [3.63, 3.8) is 0 Å². The Morgan fingerprint density at radius 2 is 1.68 bits per heavy atom. The zero-order chi connectivity index (χ0) is 23.2. The fraction of sp³-hybridized carbons (Fsp3) is 0.364. The van der Waals surface area contributed by atoms with E-state index in [0.717, 1.165) is 23.8 Å². The Labute approximate surface area is 178 Å². The van der Waals surface area contributed by atoms with Crippen LogP contribution < -0.4 is 0 Å². The maximum Gasteiger partial charge on any atom is 0.417 e. The Hall–Kier alpha value is -2.52. The molecule has 1 aromatic heterocycles. The average molecular weight is 455 g/mol. The first-order valence-corrected chi connectivity index (χ1v) is 11.4. The molecule has 0 radical (unpaired) electrons. The summed E-state index contributed by atoms with van der Waals surface area (Å²) in [5.74, 6) is -0.340. The predicted octanol–water partition coefficient (Wildman–Crippen LogP) is 4.48. The molecule has 0 fully saturated rings. The first kappa shape index (κ1) is 23.1. The van der Waals surface area contributed by atoms with Crippen LogP contribution in [0.3, 0.4) is 0 Å². The number of benzene rings is 2. The number of aromatic hydroxyl groups is 1. The molecule has 0 aliphatic rings. The van der Waals surface area contributed by atoms with Gasteiger partial charge in [0.25, 0.3) is 0 Å². The number of phenols is 1. The molecule has 0 bridgehead atoms. The van der Waals surface area contributed by atoms with Crippen LogP contribution >= 0.6 is 0 Å². The first-order chi connectivity index (χ1) is 14.1. The maximum absolute atomic E-state index is 14.0. The largest absolute Gasteiger partial charge is 0.508 e. The molecule has 3 aromatic rings. The van der Waals surface area contributed by atoms with Crippen LogP contribution in [0, 0.1) is 0 Å². The van der Waals surface area contributed by atoms with Gasteiger partial charge in [0, 0.05) is 29.5 Å². The number of sulfone groups is 1. The van der Waals surface area contributed by atoms with E-state index in [1.54, 1.807) is 30.3 Å². The van der Waals surface area contributed by atoms with Crippen molar-refractivity contribution in [1.82, 2.24) is 4.98 Å². The Morgan fingerprint density at radius 3 is 2.26 bits per heavy atom. The van der Waals surface area contributed by atoms with Gasteiger partial charge in [-0.3, -0.25) is 0 Å². The van der Waals surface area contributed by atoms with Crippen molar-refractivity contribution in [2.24, 2.45) is 0 Å². The van der Waals surface area contributed by atoms with Gasteiger partial charge in [0.2, 0.25) is 0 Å². The lowest BCUT2D eigenvalue weighted by atomic mass is 9.73. The highest BCUT2D eigenvalue weighted by Crippen LogP contribution is 2.45. The van der Waals surface area contributed by atoms with Gasteiger partial charge in [-0.25, -0.2) is 8.42 Å². The number of fused-ring (bicyclic) bond motifs is 1. The van der Waals surface area contributed by atoms with Crippen LogP contribution in [0.4, 0.5) is 13.2 Å². The summed E-state index contributed by atoms with van der Waals surface area (Å²) >= 11 is 0. The van der Waals surface area contributed by atoms with E-state index in [1.807, 2.05) is 0 Å². The topological polar surface area (TPSA) is 90.4 Å². The minimum atomic E-state index is -4.97. The monoisotopic (exact) mass is 455 g/mol. The van der Waals surface area contributed by atoms with Crippen LogP contribution in [0.1, 0.15) is 31.5 Å². The van der Waals surface area contributed by atoms with Gasteiger partial charge in [-0.1, -0.05) is 32.0 Å². The van der Waals surface area contributed by atoms with Gasteiger partial charge >= 0.3 is 6.18 Å². The number of para-hydroxylation sites is 1. The standard InChI is InChI=1S/C22H24F3NO4S/c1-20(2,17-11-16(31(3,29)30)8-9-19(17)27)13-21(28,22(23,24)25)12-15-10-14-6-4-5-7-18(14)26-15/h4-11,26-28H,12-13H2,1-3H3. The van der Waals surface area contributed by atoms with E-state index < -0.39 is 39.9 Å². The molecule has 1 atom stereocenters. The molecule has 31 heavy (non-hydrogen) atoms. The molecular weight excluding hydrogens is 431 g/mol. The fourth-order valence-electron chi connectivity index (χ4n) is 3.92. The van der Waals surface area contributed by atoms with Crippen molar-refractivity contribution in [3.05, 3.63) is 59.8 Å². The van der Waals surface area contributed by atoms with Gasteiger partial charge in [-0.2, -0.15) is 13.2 Å². The van der Waals surface area contributed by atoms with Crippen LogP contribution in [-0.4, -0.2) is 41.6 Å². The van der Waals surface area contributed by atoms with E-state index in [4.69, 9.17) is 0 Å². The molecule has 1 unspecified atom stereocenters. The van der Waals surface area contributed by atoms with Crippen molar-refractivity contribution in [2.75, 3.05) is 6.26 Å². The Bertz CT molecular complexity index is 1180. The van der Waals surface area contributed by atoms with Gasteiger partial charge in [-0.05, 0) is 47.6 Å². The van der Waals surface area contributed by atoms with Crippen LogP contribution in [0.5, 0.6) is 5.75 Å². The predicted molar refractivity (Wildman–Crippen MR) is 112 cm³/mol. The number of alkyl halides is 3. The number of hydrogen-bond donors (Lipinski definition) is 3. The number of H-pyrrole nitrogens is 1. The Balaban J connectivity index is 2.02. The lowest BCUT2D eigenvalue weighted by molar-refractivity contribution is -0.266. The number of rotatable bonds is 6. The summed E-state index contributed by atoms with van der Waals surface area (Å²) < 4.78 is 65.9. The van der Waals surface area contributed by atoms with E-state index in [-0.39, 0.29) is 21.9 Å². The molecule has 0 aliphatic carbocycles. The minimum Gasteiger partial charge on any atom is -0.508 e. The molecule has 168 valence electrons. The second kappa shape index (κ2) is 7.56. The molecule has 0 saturated heterocycles. The third kappa shape index (κ3) is 4.72. The summed E-state index contributed by atoms with van der Waals surface area (Å²) in [6, 6.07) is 12.0. The highest BCUT2D eigenvalue weighted by Gasteiger charge is 2.56. The second-order valence-electron chi connectivity index (χ2n) is 8.60. The molecular formula is C22H24F3NO4S. The molecule has 0 spiro atoms. The summed E-state index contributed by atoms with van der Waals surface area (Å²) in [5, 5.41) is 21.8. The third-order valence-corrected chi connectivity index (χ3v) is 6.57. The van der Waals surface area contributed by atoms with E-state index in [0.29, 0.717) is 5.52 Å². The third-order valence-electron chi connectivity index (χ3n) is 5.46. The lowest BCUT2D eigenvalue weighted by Crippen LogP contribution is -2.50. The van der Waals surface area contributed by atoms with Crippen molar-refractivity contribution in [2.45, 2.75) is 48.8 Å². The molecule has 3 rings (SSSR count). The molecule has 9 heteroatoms. The van der Waals surface area contributed by atoms with E-state index >= 15 is 0 Å². The van der Waals surface area contributed by atoms with Crippen molar-refractivity contribution < 1.29 is 31.8 Å². The molecule has 3 N–H and O–H groups in total. The number of halogens is 3. The first-order valence-electron chi connectivity index (χ1n) is 9.52. The molecule has 2 aromatic carbocycles. The van der Waals surface area contributed by atoms with E-state index in [1.165, 1.54) is 19.9 Å². The number of aliphatic hydroxyl groups is 1. The molecule has 1 heterocycles. The summed E-state index contributed by atoms with van der Waals surface area (Å²) in [4.78, 5) is 2.78. The molecule has 0 aliphatic heterocycles. The summed E-state index contributed by atoms with van der Waals surface area (Å²) in [7, 11) is -3.64. The quantitative estimate of drug-likeness (QED) is 0.511. The van der Waals surface area contributed by atoms with Crippen LogP contribution in [0.15, 0.2) is 53.4 Å². The number of nitrogens with one attached hydrogen (secondary N) is 1. The van der Waals surface area contributed by atoms with Gasteiger partial charge in [0.05, 0.1) is 4.90 Å². The van der Waals surface area contributed by atoms with Crippen LogP contribution in [0.2, 0.25) is 0 Å². The number of phenolic OH excluding ortho intramolecular Hbond substituents is 1. The average Bonchev–Trinajstić information content (AvgIpc) is 3.01. The summed E-state index contributed by atoms with van der Waals surface area (Å²) in [5.41, 5.74) is -3.65. The van der Waals surface area contributed by atoms with Gasteiger partial charge in [0.15, 0.2) is 15.4 Å². The zero-order valence-electron chi connectivity index (χ0n) is 17.3. The molecule has 0 saturated carbocycles. The number of aromatic amines is 1. The Morgan fingerprint density at radius 1 is 1.03 bits per heavy atom. The fourth-order valence-corrected chi connectivity index (χ4v) is 4.57.